The molecule has 0 radical (unpaired) electrons. The lowest BCUT2D eigenvalue weighted by Gasteiger charge is -2.14. The Labute approximate surface area is 110 Å². The smallest absolute Gasteiger partial charge is 0.312 e. The summed E-state index contributed by atoms with van der Waals surface area (Å²) >= 11 is 0. The third-order valence-corrected chi connectivity index (χ3v) is 2.91. The predicted molar refractivity (Wildman–Crippen MR) is 67.7 cm³/mol. The van der Waals surface area contributed by atoms with Crippen molar-refractivity contribution >= 4 is 23.5 Å². The monoisotopic (exact) mass is 262 g/mol. The maximum atomic E-state index is 11.8. The number of imide groups is 1. The third-order valence-electron chi connectivity index (χ3n) is 2.91. The van der Waals surface area contributed by atoms with E-state index < -0.39 is 18.3 Å². The average molecular weight is 262 g/mol. The summed E-state index contributed by atoms with van der Waals surface area (Å²) in [4.78, 5) is 35.1. The van der Waals surface area contributed by atoms with Gasteiger partial charge in [0, 0.05) is 6.54 Å². The Bertz CT molecular complexity index is 554. The molecule has 0 bridgehead atoms. The van der Waals surface area contributed by atoms with Crippen molar-refractivity contribution in [2.75, 3.05) is 11.9 Å². The molecule has 1 aromatic carbocycles. The Balaban J connectivity index is 2.29. The van der Waals surface area contributed by atoms with Gasteiger partial charge in [0.1, 0.15) is 6.42 Å². The number of nitrogens with zero attached hydrogens (tertiary/aromatic N) is 1. The lowest BCUT2D eigenvalue weighted by Crippen LogP contribution is -2.34. The molecule has 1 heterocycles. The van der Waals surface area contributed by atoms with Gasteiger partial charge in [-0.2, -0.15) is 0 Å². The molecule has 2 N–H and O–H groups in total. The summed E-state index contributed by atoms with van der Waals surface area (Å²) in [5, 5.41) is 11.6. The SMILES string of the molecule is CNCc1ccc2c(c1)CC(=O)N2C(=O)CC(=O)O. The quantitative estimate of drug-likeness (QED) is 0.762. The van der Waals surface area contributed by atoms with Crippen LogP contribution in [0.1, 0.15) is 17.5 Å². The number of aliphatic carboxylic acids is 1. The largest absolute Gasteiger partial charge is 0.481 e. The summed E-state index contributed by atoms with van der Waals surface area (Å²) in [6.07, 6.45) is -0.540. The highest BCUT2D eigenvalue weighted by Crippen LogP contribution is 2.30. The first-order valence-corrected chi connectivity index (χ1v) is 5.87. The summed E-state index contributed by atoms with van der Waals surface area (Å²) in [5.74, 6) is -2.31. The van der Waals surface area contributed by atoms with Crippen LogP contribution < -0.4 is 10.2 Å². The van der Waals surface area contributed by atoms with Gasteiger partial charge in [0.05, 0.1) is 12.1 Å². The minimum absolute atomic E-state index is 0.137. The number of amides is 2. The zero-order chi connectivity index (χ0) is 14.0. The van der Waals surface area contributed by atoms with Crippen molar-refractivity contribution in [1.82, 2.24) is 5.32 Å². The Morgan fingerprint density at radius 3 is 2.79 bits per heavy atom. The number of hydrogen-bond acceptors (Lipinski definition) is 4. The number of carbonyl (C=O) groups excluding carboxylic acids is 2. The summed E-state index contributed by atoms with van der Waals surface area (Å²) in [7, 11) is 1.82. The third kappa shape index (κ3) is 2.63. The van der Waals surface area contributed by atoms with E-state index in [0.29, 0.717) is 12.2 Å². The van der Waals surface area contributed by atoms with Crippen molar-refractivity contribution in [3.63, 3.8) is 0 Å². The van der Waals surface area contributed by atoms with Crippen molar-refractivity contribution in [1.29, 1.82) is 0 Å². The highest BCUT2D eigenvalue weighted by atomic mass is 16.4. The first-order valence-electron chi connectivity index (χ1n) is 5.87. The minimum Gasteiger partial charge on any atom is -0.481 e. The second-order valence-electron chi connectivity index (χ2n) is 4.36. The van der Waals surface area contributed by atoms with Gasteiger partial charge < -0.3 is 10.4 Å². The molecular weight excluding hydrogens is 248 g/mol. The molecule has 0 atom stereocenters. The molecule has 0 fully saturated rings. The van der Waals surface area contributed by atoms with Crippen molar-refractivity contribution in [3.05, 3.63) is 29.3 Å². The zero-order valence-electron chi connectivity index (χ0n) is 10.5. The zero-order valence-corrected chi connectivity index (χ0v) is 10.5. The van der Waals surface area contributed by atoms with E-state index in [4.69, 9.17) is 5.11 Å². The van der Waals surface area contributed by atoms with Crippen LogP contribution in [-0.2, 0) is 27.3 Å². The second-order valence-corrected chi connectivity index (χ2v) is 4.36. The molecule has 0 saturated heterocycles. The van der Waals surface area contributed by atoms with Crippen LogP contribution in [0.15, 0.2) is 18.2 Å². The Morgan fingerprint density at radius 2 is 2.16 bits per heavy atom. The number of fused-ring (bicyclic) bond motifs is 1. The first kappa shape index (κ1) is 13.2. The van der Waals surface area contributed by atoms with Gasteiger partial charge in [-0.05, 0) is 24.2 Å². The van der Waals surface area contributed by atoms with E-state index in [-0.39, 0.29) is 12.3 Å². The molecule has 6 nitrogen and oxygen atoms in total. The van der Waals surface area contributed by atoms with Gasteiger partial charge in [0.2, 0.25) is 11.8 Å². The highest BCUT2D eigenvalue weighted by molar-refractivity contribution is 6.21. The fourth-order valence-corrected chi connectivity index (χ4v) is 2.17. The van der Waals surface area contributed by atoms with Crippen LogP contribution in [0.4, 0.5) is 5.69 Å². The molecule has 0 aliphatic carbocycles. The minimum atomic E-state index is -1.24. The summed E-state index contributed by atoms with van der Waals surface area (Å²) in [6, 6.07) is 5.36. The van der Waals surface area contributed by atoms with E-state index in [1.54, 1.807) is 6.07 Å². The topological polar surface area (TPSA) is 86.7 Å². The number of anilines is 1. The van der Waals surface area contributed by atoms with E-state index in [9.17, 15) is 14.4 Å². The fourth-order valence-electron chi connectivity index (χ4n) is 2.17. The number of carboxylic acid groups (broad SMARTS) is 1. The van der Waals surface area contributed by atoms with Gasteiger partial charge in [-0.15, -0.1) is 0 Å². The second kappa shape index (κ2) is 5.19. The lowest BCUT2D eigenvalue weighted by atomic mass is 10.1. The standard InChI is InChI=1S/C13H14N2O4/c1-14-7-8-2-3-10-9(4-8)5-11(16)15(10)12(17)6-13(18)19/h2-4,14H,5-7H2,1H3,(H,18,19). The van der Waals surface area contributed by atoms with E-state index in [2.05, 4.69) is 5.32 Å². The number of nitrogens with one attached hydrogen (secondary N) is 1. The summed E-state index contributed by atoms with van der Waals surface area (Å²) in [6.45, 7) is 0.671. The van der Waals surface area contributed by atoms with Crippen molar-refractivity contribution in [2.24, 2.45) is 0 Å². The van der Waals surface area contributed by atoms with Crippen LogP contribution in [-0.4, -0.2) is 29.9 Å². The van der Waals surface area contributed by atoms with Crippen LogP contribution >= 0.6 is 0 Å². The van der Waals surface area contributed by atoms with Gasteiger partial charge in [-0.1, -0.05) is 12.1 Å². The molecule has 0 spiro atoms. The molecule has 6 heteroatoms. The molecular formula is C13H14N2O4. The van der Waals surface area contributed by atoms with Gasteiger partial charge in [0.25, 0.3) is 0 Å². The molecule has 0 unspecified atom stereocenters. The van der Waals surface area contributed by atoms with Crippen molar-refractivity contribution in [2.45, 2.75) is 19.4 Å². The molecule has 2 amide bonds. The maximum absolute atomic E-state index is 11.8. The number of benzene rings is 1. The molecule has 0 aromatic heterocycles. The lowest BCUT2D eigenvalue weighted by molar-refractivity contribution is -0.140. The van der Waals surface area contributed by atoms with E-state index in [1.807, 2.05) is 19.2 Å². The molecule has 1 aliphatic heterocycles. The van der Waals surface area contributed by atoms with Crippen LogP contribution in [0.5, 0.6) is 0 Å². The number of rotatable bonds is 4. The highest BCUT2D eigenvalue weighted by Gasteiger charge is 2.33. The molecule has 100 valence electrons. The molecule has 19 heavy (non-hydrogen) atoms. The number of carbonyl (C=O) groups is 3. The molecule has 1 aromatic rings. The van der Waals surface area contributed by atoms with Crippen LogP contribution in [0.3, 0.4) is 0 Å². The fraction of sp³-hybridized carbons (Fsp3) is 0.308. The Kier molecular flexibility index (Phi) is 3.62. The van der Waals surface area contributed by atoms with Gasteiger partial charge in [-0.3, -0.25) is 14.4 Å². The first-order chi connectivity index (χ1) is 9.02. The van der Waals surface area contributed by atoms with Crippen LogP contribution in [0.25, 0.3) is 0 Å². The van der Waals surface area contributed by atoms with Gasteiger partial charge in [0.15, 0.2) is 0 Å². The van der Waals surface area contributed by atoms with Crippen molar-refractivity contribution < 1.29 is 19.5 Å². The van der Waals surface area contributed by atoms with Gasteiger partial charge >= 0.3 is 5.97 Å². The molecule has 1 aliphatic rings. The maximum Gasteiger partial charge on any atom is 0.312 e. The number of carboxylic acids is 1. The van der Waals surface area contributed by atoms with Crippen LogP contribution in [0, 0.1) is 0 Å². The van der Waals surface area contributed by atoms with Crippen LogP contribution in [0.2, 0.25) is 0 Å². The van der Waals surface area contributed by atoms with E-state index in [1.165, 1.54) is 0 Å². The summed E-state index contributed by atoms with van der Waals surface area (Å²) in [5.41, 5.74) is 2.27. The van der Waals surface area contributed by atoms with Crippen molar-refractivity contribution in [3.8, 4) is 0 Å². The predicted octanol–water partition coefficient (Wildman–Crippen LogP) is 0.296. The number of hydrogen-bond donors (Lipinski definition) is 2. The van der Waals surface area contributed by atoms with Gasteiger partial charge in [-0.25, -0.2) is 4.90 Å². The Morgan fingerprint density at radius 1 is 1.42 bits per heavy atom. The van der Waals surface area contributed by atoms with E-state index >= 15 is 0 Å². The summed E-state index contributed by atoms with van der Waals surface area (Å²) < 4.78 is 0. The molecule has 0 saturated carbocycles. The average Bonchev–Trinajstić information content (AvgIpc) is 2.63. The molecule has 2 rings (SSSR count). The Hall–Kier alpha value is -2.21. The normalized spacial score (nSPS) is 13.5. The van der Waals surface area contributed by atoms with E-state index in [0.717, 1.165) is 16.0 Å².